The van der Waals surface area contributed by atoms with Crippen LogP contribution in [-0.2, 0) is 9.59 Å². The summed E-state index contributed by atoms with van der Waals surface area (Å²) in [6.07, 6.45) is 3.23. The first-order valence-electron chi connectivity index (χ1n) is 10.1. The van der Waals surface area contributed by atoms with Crippen LogP contribution >= 0.6 is 0 Å². The van der Waals surface area contributed by atoms with Gasteiger partial charge in [0, 0.05) is 48.6 Å². The van der Waals surface area contributed by atoms with Crippen LogP contribution in [0, 0.1) is 11.6 Å². The van der Waals surface area contributed by atoms with Crippen LogP contribution in [0.1, 0.15) is 30.4 Å². The molecule has 2 amide bonds. The molecule has 0 fully saturated rings. The van der Waals surface area contributed by atoms with E-state index in [1.54, 1.807) is 31.4 Å². The lowest BCUT2D eigenvalue weighted by atomic mass is 9.85. The third kappa shape index (κ3) is 4.44. The number of hydrogen-bond donors (Lipinski definition) is 2. The molecular formula is C24H22F2N4O2. The van der Waals surface area contributed by atoms with Crippen molar-refractivity contribution in [1.82, 2.24) is 10.2 Å². The summed E-state index contributed by atoms with van der Waals surface area (Å²) >= 11 is 0. The van der Waals surface area contributed by atoms with E-state index in [9.17, 15) is 18.4 Å². The molecule has 8 heteroatoms. The molecule has 6 nitrogen and oxygen atoms in total. The molecule has 0 saturated heterocycles. The van der Waals surface area contributed by atoms with Crippen LogP contribution in [0.3, 0.4) is 0 Å². The molecule has 2 heterocycles. The van der Waals surface area contributed by atoms with Gasteiger partial charge in [0.25, 0.3) is 5.91 Å². The fourth-order valence-electron chi connectivity index (χ4n) is 3.70. The van der Waals surface area contributed by atoms with E-state index in [1.165, 1.54) is 35.4 Å². The minimum Gasteiger partial charge on any atom is -0.384 e. The maximum atomic E-state index is 14.5. The Hall–Kier alpha value is -3.81. The lowest BCUT2D eigenvalue weighted by Gasteiger charge is -2.28. The average Bonchev–Trinajstić information content (AvgIpc) is 2.77. The molecule has 0 saturated carbocycles. The lowest BCUT2D eigenvalue weighted by molar-refractivity contribution is -0.128. The summed E-state index contributed by atoms with van der Waals surface area (Å²) in [5.41, 5.74) is 3.09. The normalized spacial score (nSPS) is 18.4. The van der Waals surface area contributed by atoms with Gasteiger partial charge < -0.3 is 15.5 Å². The topological polar surface area (TPSA) is 73.8 Å². The molecular weight excluding hydrogens is 414 g/mol. The van der Waals surface area contributed by atoms with Crippen molar-refractivity contribution in [2.75, 3.05) is 18.9 Å². The van der Waals surface area contributed by atoms with E-state index in [0.29, 0.717) is 23.4 Å². The summed E-state index contributed by atoms with van der Waals surface area (Å²) in [7, 11) is 1.56. The Kier molecular flexibility index (Phi) is 5.85. The number of nitrogens with one attached hydrogen (secondary N) is 2. The van der Waals surface area contributed by atoms with Crippen LogP contribution < -0.4 is 10.6 Å². The van der Waals surface area contributed by atoms with Crippen molar-refractivity contribution in [2.45, 2.75) is 19.3 Å². The van der Waals surface area contributed by atoms with E-state index in [1.807, 2.05) is 6.92 Å². The van der Waals surface area contributed by atoms with Crippen molar-refractivity contribution in [3.63, 3.8) is 0 Å². The number of hydrogen-bond acceptors (Lipinski definition) is 4. The van der Waals surface area contributed by atoms with Gasteiger partial charge in [-0.3, -0.25) is 14.6 Å². The summed E-state index contributed by atoms with van der Waals surface area (Å²) in [5, 5.41) is 5.73. The van der Waals surface area contributed by atoms with Crippen LogP contribution in [0.2, 0.25) is 0 Å². The molecule has 2 aromatic carbocycles. The molecule has 0 radical (unpaired) electrons. The van der Waals surface area contributed by atoms with Crippen molar-refractivity contribution < 1.29 is 18.4 Å². The summed E-state index contributed by atoms with van der Waals surface area (Å²) in [4.78, 5) is 31.2. The number of carbonyl (C=O) groups is 2. The highest BCUT2D eigenvalue weighted by atomic mass is 19.1. The Bertz CT molecular complexity index is 1170. The molecule has 0 unspecified atom stereocenters. The third-order valence-corrected chi connectivity index (χ3v) is 5.43. The summed E-state index contributed by atoms with van der Waals surface area (Å²) in [6, 6.07) is 10.0. The molecule has 2 aromatic rings. The number of carbonyl (C=O) groups excluding carboxylic acids is 2. The zero-order valence-electron chi connectivity index (χ0n) is 17.7. The molecule has 2 aliphatic heterocycles. The van der Waals surface area contributed by atoms with Crippen molar-refractivity contribution in [1.29, 1.82) is 0 Å². The first-order chi connectivity index (χ1) is 15.3. The van der Waals surface area contributed by atoms with Crippen molar-refractivity contribution in [2.24, 2.45) is 4.99 Å². The molecule has 4 rings (SSSR count). The number of amides is 2. The first kappa shape index (κ1) is 21.4. The Balaban J connectivity index is 1.64. The molecule has 0 aromatic heterocycles. The van der Waals surface area contributed by atoms with Gasteiger partial charge in [-0.2, -0.15) is 0 Å². The Morgan fingerprint density at radius 2 is 1.94 bits per heavy atom. The highest BCUT2D eigenvalue weighted by Crippen LogP contribution is 2.34. The zero-order chi connectivity index (χ0) is 22.8. The minimum absolute atomic E-state index is 0.00476. The molecule has 164 valence electrons. The van der Waals surface area contributed by atoms with Gasteiger partial charge in [0.15, 0.2) is 0 Å². The highest BCUT2D eigenvalue weighted by Gasteiger charge is 2.31. The summed E-state index contributed by atoms with van der Waals surface area (Å²) in [5.74, 6) is -2.28. The first-order valence-corrected chi connectivity index (χ1v) is 10.1. The lowest BCUT2D eigenvalue weighted by Crippen LogP contribution is -2.33. The van der Waals surface area contributed by atoms with Gasteiger partial charge in [-0.25, -0.2) is 8.78 Å². The number of anilines is 1. The van der Waals surface area contributed by atoms with E-state index < -0.39 is 23.5 Å². The number of benzene rings is 2. The molecule has 2 aliphatic rings. The number of aliphatic imine (C=N–C) groups is 1. The fourth-order valence-corrected chi connectivity index (χ4v) is 3.70. The largest absolute Gasteiger partial charge is 0.384 e. The van der Waals surface area contributed by atoms with Crippen molar-refractivity contribution in [3.05, 3.63) is 83.2 Å². The molecule has 32 heavy (non-hydrogen) atoms. The quantitative estimate of drug-likeness (QED) is 0.766. The van der Waals surface area contributed by atoms with Gasteiger partial charge in [-0.05, 0) is 42.8 Å². The van der Waals surface area contributed by atoms with Crippen LogP contribution in [0.4, 0.5) is 14.5 Å². The van der Waals surface area contributed by atoms with E-state index >= 15 is 0 Å². The van der Waals surface area contributed by atoms with Crippen molar-refractivity contribution >= 4 is 28.9 Å². The van der Waals surface area contributed by atoms with Gasteiger partial charge >= 0.3 is 0 Å². The van der Waals surface area contributed by atoms with Crippen LogP contribution in [0.15, 0.2) is 65.4 Å². The van der Waals surface area contributed by atoms with Crippen molar-refractivity contribution in [3.8, 4) is 0 Å². The maximum Gasteiger partial charge on any atom is 0.253 e. The Labute approximate surface area is 184 Å². The fraction of sp³-hybridized carbons (Fsp3) is 0.208. The van der Waals surface area contributed by atoms with E-state index in [2.05, 4.69) is 15.6 Å². The van der Waals surface area contributed by atoms with Crippen LogP contribution in [-0.4, -0.2) is 36.0 Å². The standard InChI is InChI=1S/C24H22F2N4O2/c1-14-11-27-12-22(28-14)16-5-8-20(26)21(9-16)29-24(32)19-13-30(2)23(31)10-18(19)15-3-6-17(25)7-4-15/h3-9,12-13,18,27H,10-11H2,1-2H3,(H,29,32)/t18-/m0/s1. The highest BCUT2D eigenvalue weighted by molar-refractivity contribution is 6.06. The maximum absolute atomic E-state index is 14.5. The number of nitrogens with zero attached hydrogens (tertiary/aromatic N) is 2. The van der Waals surface area contributed by atoms with Gasteiger partial charge in [0.1, 0.15) is 11.6 Å². The van der Waals surface area contributed by atoms with Crippen LogP contribution in [0.5, 0.6) is 0 Å². The van der Waals surface area contributed by atoms with Gasteiger partial charge in [-0.15, -0.1) is 0 Å². The summed E-state index contributed by atoms with van der Waals surface area (Å²) in [6.45, 7) is 2.52. The van der Waals surface area contributed by atoms with E-state index in [4.69, 9.17) is 0 Å². The van der Waals surface area contributed by atoms with Gasteiger partial charge in [0.2, 0.25) is 5.91 Å². The van der Waals surface area contributed by atoms with Gasteiger partial charge in [0.05, 0.1) is 17.9 Å². The second kappa shape index (κ2) is 8.74. The van der Waals surface area contributed by atoms with Gasteiger partial charge in [-0.1, -0.05) is 12.1 Å². The molecule has 1 atom stereocenters. The third-order valence-electron chi connectivity index (χ3n) is 5.43. The SMILES string of the molecule is CC1=NC(c2ccc(F)c(NC(=O)C3=CN(C)C(=O)C[C@H]3c3ccc(F)cc3)c2)=CNC1. The number of halogens is 2. The second-order valence-corrected chi connectivity index (χ2v) is 7.80. The van der Waals surface area contributed by atoms with E-state index in [0.717, 1.165) is 5.71 Å². The molecule has 0 bridgehead atoms. The Morgan fingerprint density at radius 3 is 2.66 bits per heavy atom. The monoisotopic (exact) mass is 436 g/mol. The number of rotatable bonds is 4. The predicted molar refractivity (Wildman–Crippen MR) is 119 cm³/mol. The second-order valence-electron chi connectivity index (χ2n) is 7.80. The minimum atomic E-state index is -0.591. The molecule has 0 spiro atoms. The Morgan fingerprint density at radius 1 is 1.19 bits per heavy atom. The smallest absolute Gasteiger partial charge is 0.253 e. The molecule has 0 aliphatic carbocycles. The van der Waals surface area contributed by atoms with Crippen LogP contribution in [0.25, 0.3) is 5.70 Å². The predicted octanol–water partition coefficient (Wildman–Crippen LogP) is 3.80. The van der Waals surface area contributed by atoms with E-state index in [-0.39, 0.29) is 23.6 Å². The zero-order valence-corrected chi connectivity index (χ0v) is 17.7. The average molecular weight is 436 g/mol. The summed E-state index contributed by atoms with van der Waals surface area (Å²) < 4.78 is 27.9. The molecule has 2 N–H and O–H groups in total.